The van der Waals surface area contributed by atoms with Crippen LogP contribution in [0.4, 0.5) is 0 Å². The molecule has 1 saturated carbocycles. The summed E-state index contributed by atoms with van der Waals surface area (Å²) >= 11 is 1.70. The summed E-state index contributed by atoms with van der Waals surface area (Å²) in [5, 5.41) is 4.99. The topological polar surface area (TPSA) is 59.3 Å². The minimum absolute atomic E-state index is 0.127. The van der Waals surface area contributed by atoms with Crippen molar-refractivity contribution in [3.05, 3.63) is 47.9 Å². The Balaban J connectivity index is 1.54. The number of rotatable bonds is 4. The Morgan fingerprint density at radius 1 is 1.26 bits per heavy atom. The van der Waals surface area contributed by atoms with Gasteiger partial charge in [-0.25, -0.2) is 4.98 Å². The molecule has 0 bridgehead atoms. The molecule has 2 atom stereocenters. The third-order valence-corrected chi connectivity index (χ3v) is 6.47. The maximum atomic E-state index is 11.8. The maximum Gasteiger partial charge on any atom is 0.223 e. The second kappa shape index (κ2) is 7.35. The summed E-state index contributed by atoms with van der Waals surface area (Å²) in [5.74, 6) is 0.621. The number of carbonyl (C=O) groups excluding carboxylic acids is 1. The van der Waals surface area contributed by atoms with Crippen LogP contribution in [0.3, 0.4) is 0 Å². The van der Waals surface area contributed by atoms with Gasteiger partial charge in [0.2, 0.25) is 5.91 Å². The van der Waals surface area contributed by atoms with Crippen molar-refractivity contribution in [2.45, 2.75) is 37.1 Å². The number of hydrogen-bond donors (Lipinski definition) is 1. The zero-order valence-electron chi connectivity index (χ0n) is 15.9. The molecule has 0 spiro atoms. The van der Waals surface area contributed by atoms with Gasteiger partial charge in [0.15, 0.2) is 0 Å². The number of carbonyl (C=O) groups is 1. The average Bonchev–Trinajstić information content (AvgIpc) is 3.41. The average molecular weight is 381 g/mol. The Labute approximate surface area is 164 Å². The molecule has 1 N–H and O–H groups in total. The van der Waals surface area contributed by atoms with Crippen molar-refractivity contribution >= 4 is 22.7 Å². The van der Waals surface area contributed by atoms with E-state index in [2.05, 4.69) is 51.0 Å². The summed E-state index contributed by atoms with van der Waals surface area (Å²) in [6.45, 7) is 2.12. The molecule has 0 saturated heterocycles. The Morgan fingerprint density at radius 2 is 2.04 bits per heavy atom. The lowest BCUT2D eigenvalue weighted by molar-refractivity contribution is -0.121. The van der Waals surface area contributed by atoms with Gasteiger partial charge in [0.1, 0.15) is 10.7 Å². The van der Waals surface area contributed by atoms with Gasteiger partial charge in [-0.15, -0.1) is 0 Å². The van der Waals surface area contributed by atoms with E-state index >= 15 is 0 Å². The lowest BCUT2D eigenvalue weighted by Gasteiger charge is -2.12. The molecule has 2 aliphatic rings. The molecule has 1 aromatic heterocycles. The predicted molar refractivity (Wildman–Crippen MR) is 110 cm³/mol. The number of hydrogen-bond acceptors (Lipinski definition) is 4. The summed E-state index contributed by atoms with van der Waals surface area (Å²) in [4.78, 5) is 21.0. The summed E-state index contributed by atoms with van der Waals surface area (Å²) in [6, 6.07) is 8.51. The number of aryl methyl sites for hydroxylation is 1. The molecule has 2 heterocycles. The number of thioether (sulfide) groups is 1. The summed E-state index contributed by atoms with van der Waals surface area (Å²) in [6.07, 6.45) is 6.82. The number of imidazole rings is 1. The van der Waals surface area contributed by atoms with Crippen molar-refractivity contribution in [3.8, 4) is 11.3 Å². The largest absolute Gasteiger partial charge is 0.359 e. The molecular weight excluding hydrogens is 356 g/mol. The minimum atomic E-state index is 0.127. The van der Waals surface area contributed by atoms with E-state index < -0.39 is 0 Å². The van der Waals surface area contributed by atoms with Crippen molar-refractivity contribution in [2.24, 2.45) is 18.0 Å². The SMILES string of the molecule is CNC(=O)C1CC1c1ccc(-c2ncn(C)c2SC2=NC=C(C)CC2)cc1. The number of nitrogens with zero attached hydrogens (tertiary/aromatic N) is 3. The van der Waals surface area contributed by atoms with E-state index in [1.807, 2.05) is 19.6 Å². The van der Waals surface area contributed by atoms with Crippen LogP contribution < -0.4 is 5.32 Å². The lowest BCUT2D eigenvalue weighted by atomic mass is 10.1. The van der Waals surface area contributed by atoms with E-state index in [-0.39, 0.29) is 11.8 Å². The fourth-order valence-corrected chi connectivity index (χ4v) is 4.46. The molecule has 2 aromatic rings. The standard InChI is InChI=1S/C21H24N4OS/c1-13-4-9-18(23-11-13)27-21-19(24-12-25(21)3)15-7-5-14(6-8-15)16-10-17(16)20(26)22-2/h5-8,11-12,16-17H,4,9-10H2,1-3H3,(H,22,26). The van der Waals surface area contributed by atoms with Gasteiger partial charge >= 0.3 is 0 Å². The van der Waals surface area contributed by atoms with Crippen molar-refractivity contribution in [1.82, 2.24) is 14.9 Å². The fraction of sp³-hybridized carbons (Fsp3) is 0.381. The lowest BCUT2D eigenvalue weighted by Crippen LogP contribution is -2.20. The molecule has 2 unspecified atom stereocenters. The molecule has 0 radical (unpaired) electrons. The van der Waals surface area contributed by atoms with Gasteiger partial charge < -0.3 is 9.88 Å². The number of nitrogens with one attached hydrogen (secondary N) is 1. The highest BCUT2D eigenvalue weighted by Gasteiger charge is 2.43. The summed E-state index contributed by atoms with van der Waals surface area (Å²) in [5.41, 5.74) is 4.65. The van der Waals surface area contributed by atoms with Crippen LogP contribution in [0.15, 0.2) is 52.4 Å². The molecule has 1 aliphatic heterocycles. The molecular formula is C21H24N4OS. The summed E-state index contributed by atoms with van der Waals surface area (Å²) < 4.78 is 2.06. The Bertz CT molecular complexity index is 926. The normalized spacial score (nSPS) is 21.4. The molecule has 4 rings (SSSR count). The molecule has 1 aliphatic carbocycles. The second-order valence-corrected chi connectivity index (χ2v) is 8.36. The van der Waals surface area contributed by atoms with Gasteiger partial charge in [0.25, 0.3) is 0 Å². The van der Waals surface area contributed by atoms with Gasteiger partial charge in [0, 0.05) is 31.8 Å². The number of benzene rings is 1. The van der Waals surface area contributed by atoms with Crippen molar-refractivity contribution < 1.29 is 4.79 Å². The molecule has 27 heavy (non-hydrogen) atoms. The molecule has 1 amide bonds. The number of amides is 1. The zero-order chi connectivity index (χ0) is 19.0. The Morgan fingerprint density at radius 3 is 2.70 bits per heavy atom. The van der Waals surface area contributed by atoms with Crippen LogP contribution in [0.1, 0.15) is 37.7 Å². The fourth-order valence-electron chi connectivity index (χ4n) is 3.47. The van der Waals surface area contributed by atoms with E-state index in [1.54, 1.807) is 18.8 Å². The smallest absolute Gasteiger partial charge is 0.223 e. The zero-order valence-corrected chi connectivity index (χ0v) is 16.7. The van der Waals surface area contributed by atoms with Crippen LogP contribution in [-0.4, -0.2) is 27.5 Å². The molecule has 1 aromatic carbocycles. The first-order valence-corrected chi connectivity index (χ1v) is 10.1. The van der Waals surface area contributed by atoms with Gasteiger partial charge in [-0.3, -0.25) is 9.79 Å². The van der Waals surface area contributed by atoms with Crippen LogP contribution in [0.25, 0.3) is 11.3 Å². The van der Waals surface area contributed by atoms with Gasteiger partial charge in [-0.2, -0.15) is 0 Å². The van der Waals surface area contributed by atoms with E-state index in [0.29, 0.717) is 5.92 Å². The molecule has 1 fully saturated rings. The monoisotopic (exact) mass is 380 g/mol. The second-order valence-electron chi connectivity index (χ2n) is 7.29. The summed E-state index contributed by atoms with van der Waals surface area (Å²) in [7, 11) is 3.73. The van der Waals surface area contributed by atoms with Crippen molar-refractivity contribution in [2.75, 3.05) is 7.05 Å². The van der Waals surface area contributed by atoms with Crippen LogP contribution in [0.5, 0.6) is 0 Å². The van der Waals surface area contributed by atoms with E-state index in [0.717, 1.165) is 40.6 Å². The van der Waals surface area contributed by atoms with Crippen LogP contribution in [0, 0.1) is 5.92 Å². The molecule has 6 heteroatoms. The first kappa shape index (κ1) is 18.0. The Kier molecular flexibility index (Phi) is 4.91. The molecule has 140 valence electrons. The molecule has 5 nitrogen and oxygen atoms in total. The highest BCUT2D eigenvalue weighted by atomic mass is 32.2. The highest BCUT2D eigenvalue weighted by molar-refractivity contribution is 8.14. The number of aromatic nitrogens is 2. The van der Waals surface area contributed by atoms with Crippen LogP contribution in [-0.2, 0) is 11.8 Å². The van der Waals surface area contributed by atoms with Crippen molar-refractivity contribution in [3.63, 3.8) is 0 Å². The highest BCUT2D eigenvalue weighted by Crippen LogP contribution is 2.47. The van der Waals surface area contributed by atoms with E-state index in [1.165, 1.54) is 11.1 Å². The van der Waals surface area contributed by atoms with Crippen LogP contribution >= 0.6 is 11.8 Å². The third kappa shape index (κ3) is 3.72. The maximum absolute atomic E-state index is 11.8. The first-order chi connectivity index (χ1) is 13.1. The quantitative estimate of drug-likeness (QED) is 0.868. The van der Waals surface area contributed by atoms with Crippen LogP contribution in [0.2, 0.25) is 0 Å². The van der Waals surface area contributed by atoms with E-state index in [9.17, 15) is 4.79 Å². The third-order valence-electron chi connectivity index (χ3n) is 5.25. The minimum Gasteiger partial charge on any atom is -0.359 e. The first-order valence-electron chi connectivity index (χ1n) is 9.30. The van der Waals surface area contributed by atoms with E-state index in [4.69, 9.17) is 0 Å². The Hall–Kier alpha value is -2.34. The predicted octanol–water partition coefficient (Wildman–Crippen LogP) is 4.12. The number of allylic oxidation sites excluding steroid dienone is 1. The van der Waals surface area contributed by atoms with Gasteiger partial charge in [0.05, 0.1) is 11.4 Å². The van der Waals surface area contributed by atoms with Gasteiger partial charge in [-0.05, 0) is 37.7 Å². The number of aliphatic imine (C=N–C) groups is 1. The van der Waals surface area contributed by atoms with Crippen molar-refractivity contribution in [1.29, 1.82) is 0 Å². The van der Waals surface area contributed by atoms with Gasteiger partial charge in [-0.1, -0.05) is 41.6 Å².